The first-order valence-corrected chi connectivity index (χ1v) is 28.7. The van der Waals surface area contributed by atoms with E-state index < -0.39 is 6.10 Å². The summed E-state index contributed by atoms with van der Waals surface area (Å²) in [5.74, 6) is 0.812. The van der Waals surface area contributed by atoms with Gasteiger partial charge in [-0.25, -0.2) is 0 Å². The smallest absolute Gasteiger partial charge is 0.306 e. The molecule has 0 amide bonds. The van der Waals surface area contributed by atoms with Crippen LogP contribution in [0.4, 0.5) is 0 Å². The number of carbonyl (C=O) groups excluding carboxylic acids is 3. The van der Waals surface area contributed by atoms with Gasteiger partial charge in [0.25, 0.3) is 0 Å². The molecule has 0 unspecified atom stereocenters. The van der Waals surface area contributed by atoms with Crippen LogP contribution in [0.15, 0.2) is 0 Å². The van der Waals surface area contributed by atoms with E-state index in [1.54, 1.807) is 0 Å². The van der Waals surface area contributed by atoms with Crippen molar-refractivity contribution in [1.82, 2.24) is 0 Å². The summed E-state index contributed by atoms with van der Waals surface area (Å²) in [6.07, 6.45) is 53.9. The Labute approximate surface area is 399 Å². The number of esters is 3. The van der Waals surface area contributed by atoms with Crippen LogP contribution in [0.3, 0.4) is 0 Å². The number of hydrogen-bond acceptors (Lipinski definition) is 6. The van der Waals surface area contributed by atoms with Crippen LogP contribution in [0.5, 0.6) is 0 Å². The summed E-state index contributed by atoms with van der Waals surface area (Å²) in [5.41, 5.74) is 0. The Morgan fingerprint density at radius 2 is 0.516 bits per heavy atom. The highest BCUT2D eigenvalue weighted by Gasteiger charge is 2.19. The normalized spacial score (nSPS) is 12.0. The van der Waals surface area contributed by atoms with Crippen LogP contribution in [0, 0.1) is 11.8 Å². The maximum Gasteiger partial charge on any atom is 0.306 e. The molecule has 0 aromatic rings. The van der Waals surface area contributed by atoms with E-state index in [1.165, 1.54) is 212 Å². The summed E-state index contributed by atoms with van der Waals surface area (Å²) in [6.45, 7) is 11.4. The van der Waals surface area contributed by atoms with Crippen LogP contribution in [0.2, 0.25) is 0 Å². The van der Waals surface area contributed by atoms with Gasteiger partial charge in [0.05, 0.1) is 0 Å². The van der Waals surface area contributed by atoms with Crippen molar-refractivity contribution in [3.63, 3.8) is 0 Å². The zero-order chi connectivity index (χ0) is 46.8. The molecule has 0 radical (unpaired) electrons. The fourth-order valence-corrected chi connectivity index (χ4v) is 8.87. The molecule has 0 rings (SSSR count). The fraction of sp³-hybridized carbons (Fsp3) is 0.948. The molecule has 0 heterocycles. The van der Waals surface area contributed by atoms with E-state index in [0.717, 1.165) is 69.6 Å². The molecule has 0 bridgehead atoms. The van der Waals surface area contributed by atoms with Gasteiger partial charge in [-0.05, 0) is 31.1 Å². The molecule has 6 heteroatoms. The minimum absolute atomic E-state index is 0.0631. The Balaban J connectivity index is 4.24. The van der Waals surface area contributed by atoms with Crippen molar-refractivity contribution in [3.05, 3.63) is 0 Å². The van der Waals surface area contributed by atoms with Crippen LogP contribution in [0.1, 0.15) is 324 Å². The highest BCUT2D eigenvalue weighted by molar-refractivity contribution is 5.71. The SMILES string of the molecule is CCCCCCCCCCCCCCCCC(=O)OC[C@@H](COC(=O)CCCCCCCCCCC(C)C)OC(=O)CCCCCCCCCCCCCCCCCCCCC(C)C. The molecule has 0 saturated heterocycles. The lowest BCUT2D eigenvalue weighted by atomic mass is 10.0. The zero-order valence-corrected chi connectivity index (χ0v) is 43.9. The summed E-state index contributed by atoms with van der Waals surface area (Å²) >= 11 is 0. The van der Waals surface area contributed by atoms with Crippen LogP contribution in [0.25, 0.3) is 0 Å². The topological polar surface area (TPSA) is 78.9 Å². The average Bonchev–Trinajstić information content (AvgIpc) is 3.27. The van der Waals surface area contributed by atoms with E-state index in [1.807, 2.05) is 0 Å². The molecular weight excluding hydrogens is 793 g/mol. The van der Waals surface area contributed by atoms with E-state index in [2.05, 4.69) is 34.6 Å². The van der Waals surface area contributed by atoms with Gasteiger partial charge in [-0.15, -0.1) is 0 Å². The number of carbonyl (C=O) groups is 3. The lowest BCUT2D eigenvalue weighted by Gasteiger charge is -2.18. The van der Waals surface area contributed by atoms with Crippen molar-refractivity contribution in [3.8, 4) is 0 Å². The zero-order valence-electron chi connectivity index (χ0n) is 43.9. The average molecular weight is 906 g/mol. The third-order valence-electron chi connectivity index (χ3n) is 13.2. The predicted octanol–water partition coefficient (Wildman–Crippen LogP) is 18.9. The second-order valence-corrected chi connectivity index (χ2v) is 20.9. The summed E-state index contributed by atoms with van der Waals surface area (Å²) in [4.78, 5) is 38.1. The minimum Gasteiger partial charge on any atom is -0.462 e. The van der Waals surface area contributed by atoms with Gasteiger partial charge < -0.3 is 14.2 Å². The van der Waals surface area contributed by atoms with Crippen LogP contribution in [-0.4, -0.2) is 37.2 Å². The van der Waals surface area contributed by atoms with Gasteiger partial charge in [-0.2, -0.15) is 0 Å². The van der Waals surface area contributed by atoms with Crippen LogP contribution in [-0.2, 0) is 28.6 Å². The number of ether oxygens (including phenoxy) is 3. The van der Waals surface area contributed by atoms with Gasteiger partial charge in [-0.1, -0.05) is 285 Å². The molecule has 0 saturated carbocycles. The number of hydrogen-bond donors (Lipinski definition) is 0. The molecular formula is C58H112O6. The molecule has 6 nitrogen and oxygen atoms in total. The van der Waals surface area contributed by atoms with Crippen molar-refractivity contribution in [2.45, 2.75) is 330 Å². The van der Waals surface area contributed by atoms with E-state index in [4.69, 9.17) is 14.2 Å². The molecule has 380 valence electrons. The molecule has 0 fully saturated rings. The first-order chi connectivity index (χ1) is 31.2. The molecule has 0 N–H and O–H groups in total. The molecule has 1 atom stereocenters. The number of rotatable bonds is 52. The van der Waals surface area contributed by atoms with E-state index in [0.29, 0.717) is 19.3 Å². The van der Waals surface area contributed by atoms with Crippen molar-refractivity contribution in [2.24, 2.45) is 11.8 Å². The second-order valence-electron chi connectivity index (χ2n) is 20.9. The van der Waals surface area contributed by atoms with E-state index in [9.17, 15) is 14.4 Å². The molecule has 0 aromatic carbocycles. The highest BCUT2D eigenvalue weighted by Crippen LogP contribution is 2.18. The summed E-state index contributed by atoms with van der Waals surface area (Å²) in [6, 6.07) is 0. The standard InChI is InChI=1S/C58H112O6/c1-6-7-8-9-10-11-12-13-21-24-27-33-38-43-48-56(59)62-51-55(52-63-57(60)49-44-39-34-30-29-32-37-42-47-54(4)5)64-58(61)50-45-40-35-28-25-22-19-17-15-14-16-18-20-23-26-31-36-41-46-53(2)3/h53-55H,6-52H2,1-5H3/t55-/m0/s1. The van der Waals surface area contributed by atoms with E-state index in [-0.39, 0.29) is 31.1 Å². The molecule has 0 aliphatic rings. The molecule has 0 aliphatic carbocycles. The van der Waals surface area contributed by atoms with Crippen LogP contribution < -0.4 is 0 Å². The largest absolute Gasteiger partial charge is 0.462 e. The third-order valence-corrected chi connectivity index (χ3v) is 13.2. The maximum atomic E-state index is 12.8. The Hall–Kier alpha value is -1.59. The molecule has 64 heavy (non-hydrogen) atoms. The number of unbranched alkanes of at least 4 members (excludes halogenated alkanes) is 37. The van der Waals surface area contributed by atoms with Crippen molar-refractivity contribution in [1.29, 1.82) is 0 Å². The van der Waals surface area contributed by atoms with Gasteiger partial charge in [0, 0.05) is 19.3 Å². The van der Waals surface area contributed by atoms with Gasteiger partial charge in [0.2, 0.25) is 0 Å². The van der Waals surface area contributed by atoms with Gasteiger partial charge in [0.1, 0.15) is 13.2 Å². The predicted molar refractivity (Wildman–Crippen MR) is 275 cm³/mol. The third kappa shape index (κ3) is 51.4. The monoisotopic (exact) mass is 905 g/mol. The summed E-state index contributed by atoms with van der Waals surface area (Å²) in [5, 5.41) is 0. The van der Waals surface area contributed by atoms with Gasteiger partial charge in [-0.3, -0.25) is 14.4 Å². The Bertz CT molecular complexity index is 978. The Morgan fingerprint density at radius 3 is 0.766 bits per heavy atom. The minimum atomic E-state index is -0.762. The summed E-state index contributed by atoms with van der Waals surface area (Å²) < 4.78 is 16.9. The second kappa shape index (κ2) is 50.8. The summed E-state index contributed by atoms with van der Waals surface area (Å²) in [7, 11) is 0. The van der Waals surface area contributed by atoms with Gasteiger partial charge >= 0.3 is 17.9 Å². The van der Waals surface area contributed by atoms with Crippen molar-refractivity contribution < 1.29 is 28.6 Å². The Kier molecular flexibility index (Phi) is 49.6. The lowest BCUT2D eigenvalue weighted by molar-refractivity contribution is -0.167. The molecule has 0 aromatic heterocycles. The Morgan fingerprint density at radius 1 is 0.297 bits per heavy atom. The van der Waals surface area contributed by atoms with Crippen molar-refractivity contribution >= 4 is 17.9 Å². The quantitative estimate of drug-likeness (QED) is 0.0344. The molecule has 0 aliphatic heterocycles. The molecule has 0 spiro atoms. The van der Waals surface area contributed by atoms with E-state index >= 15 is 0 Å². The van der Waals surface area contributed by atoms with Gasteiger partial charge in [0.15, 0.2) is 6.10 Å². The van der Waals surface area contributed by atoms with Crippen molar-refractivity contribution in [2.75, 3.05) is 13.2 Å². The first kappa shape index (κ1) is 62.4. The first-order valence-electron chi connectivity index (χ1n) is 28.7. The van der Waals surface area contributed by atoms with Crippen LogP contribution >= 0.6 is 0 Å². The fourth-order valence-electron chi connectivity index (χ4n) is 8.87. The highest BCUT2D eigenvalue weighted by atomic mass is 16.6. The lowest BCUT2D eigenvalue weighted by Crippen LogP contribution is -2.30. The maximum absolute atomic E-state index is 12.8.